The van der Waals surface area contributed by atoms with Gasteiger partial charge in [-0.2, -0.15) is 0 Å². The Morgan fingerprint density at radius 2 is 1.59 bits per heavy atom. The molecule has 1 aliphatic rings. The Morgan fingerprint density at radius 1 is 0.966 bits per heavy atom. The molecule has 156 valence electrons. The number of piperidine rings is 1. The molecule has 29 heavy (non-hydrogen) atoms. The zero-order valence-electron chi connectivity index (χ0n) is 18.0. The van der Waals surface area contributed by atoms with E-state index in [4.69, 9.17) is 4.74 Å². The fourth-order valence-corrected chi connectivity index (χ4v) is 3.81. The normalized spacial score (nSPS) is 15.8. The van der Waals surface area contributed by atoms with Crippen LogP contribution in [0.1, 0.15) is 50.3 Å². The predicted octanol–water partition coefficient (Wildman–Crippen LogP) is 5.17. The number of hydrogen-bond acceptors (Lipinski definition) is 3. The molecule has 0 saturated carbocycles. The van der Waals surface area contributed by atoms with Gasteiger partial charge in [0.15, 0.2) is 0 Å². The van der Waals surface area contributed by atoms with Crippen LogP contribution < -0.4 is 5.32 Å². The van der Waals surface area contributed by atoms with Gasteiger partial charge in [0.2, 0.25) is 0 Å². The Morgan fingerprint density at radius 3 is 2.21 bits per heavy atom. The van der Waals surface area contributed by atoms with Crippen LogP contribution in [-0.4, -0.2) is 29.7 Å². The molecule has 0 aromatic heterocycles. The van der Waals surface area contributed by atoms with Crippen LogP contribution in [0.3, 0.4) is 0 Å². The molecule has 0 radical (unpaired) electrons. The Kier molecular flexibility index (Phi) is 7.32. The van der Waals surface area contributed by atoms with Gasteiger partial charge in [-0.25, -0.2) is 4.79 Å². The second kappa shape index (κ2) is 9.93. The number of nitrogens with one attached hydrogen (secondary N) is 1. The van der Waals surface area contributed by atoms with Crippen molar-refractivity contribution in [1.29, 1.82) is 0 Å². The van der Waals surface area contributed by atoms with Crippen LogP contribution in [-0.2, 0) is 24.2 Å². The minimum Gasteiger partial charge on any atom is -0.444 e. The first-order chi connectivity index (χ1) is 13.9. The Bertz CT molecular complexity index is 758. The van der Waals surface area contributed by atoms with Crippen LogP contribution in [0, 0.1) is 5.92 Å². The Labute approximate surface area is 175 Å². The van der Waals surface area contributed by atoms with Crippen LogP contribution in [0.15, 0.2) is 54.6 Å². The molecule has 0 unspecified atom stereocenters. The fraction of sp³-hybridized carbons (Fsp3) is 0.480. The number of likely N-dealkylation sites (tertiary alicyclic amines) is 1. The monoisotopic (exact) mass is 394 g/mol. The van der Waals surface area contributed by atoms with Gasteiger partial charge >= 0.3 is 6.09 Å². The molecule has 1 amide bonds. The molecule has 1 aliphatic heterocycles. The number of ether oxygens (including phenoxy) is 1. The zero-order chi connectivity index (χ0) is 20.7. The predicted molar refractivity (Wildman–Crippen MR) is 118 cm³/mol. The summed E-state index contributed by atoms with van der Waals surface area (Å²) >= 11 is 0. The Hall–Kier alpha value is -2.33. The van der Waals surface area contributed by atoms with E-state index < -0.39 is 5.60 Å². The van der Waals surface area contributed by atoms with Crippen LogP contribution >= 0.6 is 0 Å². The van der Waals surface area contributed by atoms with Crippen molar-refractivity contribution in [3.8, 4) is 0 Å². The van der Waals surface area contributed by atoms with Gasteiger partial charge in [-0.05, 0) is 75.7 Å². The highest BCUT2D eigenvalue weighted by Crippen LogP contribution is 2.23. The largest absolute Gasteiger partial charge is 0.444 e. The first-order valence-electron chi connectivity index (χ1n) is 10.7. The number of hydrogen-bond donors (Lipinski definition) is 1. The van der Waals surface area contributed by atoms with Gasteiger partial charge in [-0.15, -0.1) is 0 Å². The van der Waals surface area contributed by atoms with Crippen molar-refractivity contribution in [2.75, 3.05) is 13.1 Å². The number of carbonyl (C=O) groups excluding carboxylic acids is 1. The second-order valence-corrected chi connectivity index (χ2v) is 9.08. The van der Waals surface area contributed by atoms with Crippen LogP contribution in [0.25, 0.3) is 0 Å². The summed E-state index contributed by atoms with van der Waals surface area (Å²) in [5.74, 6) is 0.801. The van der Waals surface area contributed by atoms with Gasteiger partial charge in [0, 0.05) is 13.1 Å². The number of carbonyl (C=O) groups is 1. The Balaban J connectivity index is 1.39. The summed E-state index contributed by atoms with van der Waals surface area (Å²) in [6, 6.07) is 19.4. The van der Waals surface area contributed by atoms with Gasteiger partial charge in [0.1, 0.15) is 5.60 Å². The highest BCUT2D eigenvalue weighted by Gasteiger charge is 2.19. The summed E-state index contributed by atoms with van der Waals surface area (Å²) in [5.41, 5.74) is 3.40. The average molecular weight is 395 g/mol. The first kappa shape index (κ1) is 21.4. The van der Waals surface area contributed by atoms with Crippen molar-refractivity contribution < 1.29 is 9.53 Å². The summed E-state index contributed by atoms with van der Waals surface area (Å²) in [5, 5.41) is 2.81. The SMILES string of the molecule is CC(C)(C)OC(=O)NCc1ccc(CN2CCC(Cc3ccccc3)CC2)cc1. The molecule has 1 saturated heterocycles. The summed E-state index contributed by atoms with van der Waals surface area (Å²) < 4.78 is 5.27. The molecule has 1 N–H and O–H groups in total. The van der Waals surface area contributed by atoms with E-state index in [2.05, 4.69) is 64.8 Å². The van der Waals surface area contributed by atoms with Crippen molar-refractivity contribution >= 4 is 6.09 Å². The summed E-state index contributed by atoms with van der Waals surface area (Å²) in [6.07, 6.45) is 3.37. The third-order valence-corrected chi connectivity index (χ3v) is 5.34. The third-order valence-electron chi connectivity index (χ3n) is 5.34. The molecule has 1 heterocycles. The van der Waals surface area contributed by atoms with Crippen LogP contribution in [0.2, 0.25) is 0 Å². The van der Waals surface area contributed by atoms with E-state index in [-0.39, 0.29) is 6.09 Å². The van der Waals surface area contributed by atoms with E-state index in [0.717, 1.165) is 18.0 Å². The average Bonchev–Trinajstić information content (AvgIpc) is 2.68. The van der Waals surface area contributed by atoms with Crippen molar-refractivity contribution in [3.63, 3.8) is 0 Å². The molecule has 3 rings (SSSR count). The van der Waals surface area contributed by atoms with Gasteiger partial charge in [0.05, 0.1) is 0 Å². The molecule has 2 aromatic carbocycles. The molecule has 4 nitrogen and oxygen atoms in total. The zero-order valence-corrected chi connectivity index (χ0v) is 18.0. The van der Waals surface area contributed by atoms with Gasteiger partial charge in [-0.3, -0.25) is 4.90 Å². The minimum atomic E-state index is -0.470. The summed E-state index contributed by atoms with van der Waals surface area (Å²) in [4.78, 5) is 14.3. The maximum absolute atomic E-state index is 11.8. The van der Waals surface area contributed by atoms with E-state index in [1.54, 1.807) is 0 Å². The van der Waals surface area contributed by atoms with E-state index in [9.17, 15) is 4.79 Å². The lowest BCUT2D eigenvalue weighted by molar-refractivity contribution is 0.0523. The lowest BCUT2D eigenvalue weighted by atomic mass is 9.90. The molecular weight excluding hydrogens is 360 g/mol. The number of alkyl carbamates (subject to hydrolysis) is 1. The van der Waals surface area contributed by atoms with Crippen molar-refractivity contribution in [1.82, 2.24) is 10.2 Å². The summed E-state index contributed by atoms with van der Waals surface area (Å²) in [6.45, 7) is 9.42. The summed E-state index contributed by atoms with van der Waals surface area (Å²) in [7, 11) is 0. The van der Waals surface area contributed by atoms with Gasteiger partial charge in [-0.1, -0.05) is 54.6 Å². The van der Waals surface area contributed by atoms with Crippen LogP contribution in [0.5, 0.6) is 0 Å². The van der Waals surface area contributed by atoms with Crippen LogP contribution in [0.4, 0.5) is 4.79 Å². The molecular formula is C25H34N2O2. The highest BCUT2D eigenvalue weighted by molar-refractivity contribution is 5.67. The molecule has 4 heteroatoms. The van der Waals surface area contributed by atoms with E-state index in [1.807, 2.05) is 20.8 Å². The van der Waals surface area contributed by atoms with Crippen molar-refractivity contribution in [2.45, 2.75) is 58.7 Å². The lowest BCUT2D eigenvalue weighted by Gasteiger charge is -2.32. The molecule has 0 aliphatic carbocycles. The fourth-order valence-electron chi connectivity index (χ4n) is 3.81. The molecule has 0 atom stereocenters. The van der Waals surface area contributed by atoms with E-state index >= 15 is 0 Å². The smallest absolute Gasteiger partial charge is 0.407 e. The van der Waals surface area contributed by atoms with Gasteiger partial charge in [0.25, 0.3) is 0 Å². The topological polar surface area (TPSA) is 41.6 Å². The van der Waals surface area contributed by atoms with E-state index in [1.165, 1.54) is 43.5 Å². The molecule has 0 bridgehead atoms. The lowest BCUT2D eigenvalue weighted by Crippen LogP contribution is -2.33. The van der Waals surface area contributed by atoms with Crippen molar-refractivity contribution in [2.24, 2.45) is 5.92 Å². The third kappa shape index (κ3) is 7.54. The maximum atomic E-state index is 11.8. The molecule has 1 fully saturated rings. The maximum Gasteiger partial charge on any atom is 0.407 e. The number of amides is 1. The molecule has 0 spiro atoms. The van der Waals surface area contributed by atoms with Gasteiger partial charge < -0.3 is 10.1 Å². The molecule has 2 aromatic rings. The number of nitrogens with zero attached hydrogens (tertiary/aromatic N) is 1. The number of benzene rings is 2. The second-order valence-electron chi connectivity index (χ2n) is 9.08. The van der Waals surface area contributed by atoms with Crippen molar-refractivity contribution in [3.05, 3.63) is 71.3 Å². The van der Waals surface area contributed by atoms with E-state index in [0.29, 0.717) is 6.54 Å². The first-order valence-corrected chi connectivity index (χ1v) is 10.7. The standard InChI is InChI=1S/C25H34N2O2/c1-25(2,3)29-24(28)26-18-22-9-11-23(12-10-22)19-27-15-13-21(14-16-27)17-20-7-5-4-6-8-20/h4-12,21H,13-19H2,1-3H3,(H,26,28). The quantitative estimate of drug-likeness (QED) is 0.735. The minimum absolute atomic E-state index is 0.375. The highest BCUT2D eigenvalue weighted by atomic mass is 16.6. The number of rotatable bonds is 6.